The van der Waals surface area contributed by atoms with Crippen LogP contribution in [0, 0.1) is 0 Å². The maximum atomic E-state index is 5.51. The molecule has 17 heavy (non-hydrogen) atoms. The lowest BCUT2D eigenvalue weighted by molar-refractivity contribution is 0.324. The maximum absolute atomic E-state index is 5.51. The lowest BCUT2D eigenvalue weighted by atomic mass is 9.87. The second kappa shape index (κ2) is 6.18. The number of nitrogens with zero attached hydrogens (tertiary/aromatic N) is 1. The van der Waals surface area contributed by atoms with Crippen LogP contribution in [0.2, 0.25) is 0 Å². The predicted octanol–water partition coefficient (Wildman–Crippen LogP) is 2.76. The summed E-state index contributed by atoms with van der Waals surface area (Å²) in [6.07, 6.45) is 1.07. The van der Waals surface area contributed by atoms with Gasteiger partial charge in [0.05, 0.1) is 0 Å². The van der Waals surface area contributed by atoms with E-state index in [1.807, 2.05) is 0 Å². The Kier molecular flexibility index (Phi) is 5.16. The average Bonchev–Trinajstić information content (AvgIpc) is 2.26. The Morgan fingerprint density at radius 2 is 1.71 bits per heavy atom. The van der Waals surface area contributed by atoms with Crippen molar-refractivity contribution in [2.45, 2.75) is 39.2 Å². The van der Waals surface area contributed by atoms with E-state index in [1.165, 1.54) is 11.1 Å². The van der Waals surface area contributed by atoms with Crippen molar-refractivity contribution in [2.24, 2.45) is 5.73 Å². The molecule has 1 aromatic rings. The molecule has 96 valence electrons. The van der Waals surface area contributed by atoms with Gasteiger partial charge in [0.2, 0.25) is 0 Å². The Bertz CT molecular complexity index is 322. The van der Waals surface area contributed by atoms with Gasteiger partial charge in [-0.15, -0.1) is 0 Å². The predicted molar refractivity (Wildman–Crippen MR) is 75.1 cm³/mol. The molecule has 0 unspecified atom stereocenters. The van der Waals surface area contributed by atoms with Crippen LogP contribution in [0.15, 0.2) is 24.3 Å². The van der Waals surface area contributed by atoms with Crippen LogP contribution in [-0.4, -0.2) is 25.0 Å². The van der Waals surface area contributed by atoms with Gasteiger partial charge in [0.25, 0.3) is 0 Å². The van der Waals surface area contributed by atoms with Gasteiger partial charge in [-0.25, -0.2) is 0 Å². The minimum absolute atomic E-state index is 0.240. The van der Waals surface area contributed by atoms with Crippen molar-refractivity contribution >= 4 is 0 Å². The van der Waals surface area contributed by atoms with Gasteiger partial charge < -0.3 is 10.6 Å². The summed E-state index contributed by atoms with van der Waals surface area (Å²) in [7, 11) is 2.15. The van der Waals surface area contributed by atoms with E-state index in [2.05, 4.69) is 57.0 Å². The maximum Gasteiger partial charge on any atom is 0.0230 e. The summed E-state index contributed by atoms with van der Waals surface area (Å²) < 4.78 is 0. The molecule has 0 aromatic heterocycles. The lowest BCUT2D eigenvalue weighted by Gasteiger charge is -2.20. The molecule has 0 fully saturated rings. The molecule has 0 atom stereocenters. The molecule has 0 bridgehead atoms. The summed E-state index contributed by atoms with van der Waals surface area (Å²) in [5.41, 5.74) is 8.52. The molecule has 0 heterocycles. The molecule has 0 aliphatic carbocycles. The number of nitrogens with two attached hydrogens (primary N) is 1. The van der Waals surface area contributed by atoms with E-state index in [4.69, 9.17) is 5.73 Å². The molecular formula is C15H26N2. The zero-order valence-corrected chi connectivity index (χ0v) is 11.7. The van der Waals surface area contributed by atoms with Gasteiger partial charge in [-0.2, -0.15) is 0 Å². The Balaban J connectivity index is 2.56. The van der Waals surface area contributed by atoms with Gasteiger partial charge in [0.15, 0.2) is 0 Å². The third kappa shape index (κ3) is 4.88. The first-order valence-corrected chi connectivity index (χ1v) is 6.41. The fourth-order valence-electron chi connectivity index (χ4n) is 1.86. The monoisotopic (exact) mass is 234 g/mol. The summed E-state index contributed by atoms with van der Waals surface area (Å²) in [6.45, 7) is 9.58. The van der Waals surface area contributed by atoms with E-state index in [0.29, 0.717) is 0 Å². The standard InChI is InChI=1S/C15H26N2/c1-15(2,3)14-8-6-13(7-9-14)12-17(4)11-5-10-16/h6-9H,5,10-12,16H2,1-4H3. The number of benzene rings is 1. The normalized spacial score (nSPS) is 12.1. The Labute approximate surface area is 106 Å². The number of rotatable bonds is 5. The number of hydrogen-bond donors (Lipinski definition) is 1. The average molecular weight is 234 g/mol. The quantitative estimate of drug-likeness (QED) is 0.849. The lowest BCUT2D eigenvalue weighted by Crippen LogP contribution is -2.21. The molecule has 1 aromatic carbocycles. The van der Waals surface area contributed by atoms with E-state index in [1.54, 1.807) is 0 Å². The summed E-state index contributed by atoms with van der Waals surface area (Å²) in [5.74, 6) is 0. The van der Waals surface area contributed by atoms with Crippen LogP contribution in [0.25, 0.3) is 0 Å². The highest BCUT2D eigenvalue weighted by Crippen LogP contribution is 2.22. The molecule has 0 saturated carbocycles. The summed E-state index contributed by atoms with van der Waals surface area (Å²) in [4.78, 5) is 2.32. The van der Waals surface area contributed by atoms with Crippen LogP contribution in [0.3, 0.4) is 0 Å². The van der Waals surface area contributed by atoms with Crippen LogP contribution in [0.5, 0.6) is 0 Å². The largest absolute Gasteiger partial charge is 0.330 e. The van der Waals surface area contributed by atoms with Crippen molar-refractivity contribution < 1.29 is 0 Å². The van der Waals surface area contributed by atoms with E-state index < -0.39 is 0 Å². The van der Waals surface area contributed by atoms with Crippen molar-refractivity contribution in [1.82, 2.24) is 4.90 Å². The molecule has 0 spiro atoms. The molecule has 0 saturated heterocycles. The van der Waals surface area contributed by atoms with Gasteiger partial charge in [-0.3, -0.25) is 0 Å². The molecule has 2 N–H and O–H groups in total. The topological polar surface area (TPSA) is 29.3 Å². The fraction of sp³-hybridized carbons (Fsp3) is 0.600. The summed E-state index contributed by atoms with van der Waals surface area (Å²) in [6, 6.07) is 8.96. The smallest absolute Gasteiger partial charge is 0.0230 e. The van der Waals surface area contributed by atoms with Gasteiger partial charge in [0.1, 0.15) is 0 Å². The first-order valence-electron chi connectivity index (χ1n) is 6.41. The van der Waals surface area contributed by atoms with Crippen LogP contribution >= 0.6 is 0 Å². The second-order valence-corrected chi connectivity index (χ2v) is 5.83. The van der Waals surface area contributed by atoms with Gasteiger partial charge in [0, 0.05) is 6.54 Å². The number of hydrogen-bond acceptors (Lipinski definition) is 2. The van der Waals surface area contributed by atoms with Crippen molar-refractivity contribution in [3.8, 4) is 0 Å². The van der Waals surface area contributed by atoms with Crippen molar-refractivity contribution in [2.75, 3.05) is 20.1 Å². The highest BCUT2D eigenvalue weighted by atomic mass is 15.1. The Morgan fingerprint density at radius 3 is 2.18 bits per heavy atom. The molecule has 2 nitrogen and oxygen atoms in total. The highest BCUT2D eigenvalue weighted by molar-refractivity contribution is 5.27. The highest BCUT2D eigenvalue weighted by Gasteiger charge is 2.12. The van der Waals surface area contributed by atoms with Crippen molar-refractivity contribution in [1.29, 1.82) is 0 Å². The zero-order chi connectivity index (χ0) is 12.9. The molecule has 0 radical (unpaired) electrons. The fourth-order valence-corrected chi connectivity index (χ4v) is 1.86. The molecule has 0 aliphatic heterocycles. The van der Waals surface area contributed by atoms with E-state index in [0.717, 1.165) is 26.1 Å². The molecule has 2 heteroatoms. The van der Waals surface area contributed by atoms with Crippen molar-refractivity contribution in [3.63, 3.8) is 0 Å². The Hall–Kier alpha value is -0.860. The van der Waals surface area contributed by atoms with Gasteiger partial charge in [-0.1, -0.05) is 45.0 Å². The van der Waals surface area contributed by atoms with Crippen LogP contribution < -0.4 is 5.73 Å². The van der Waals surface area contributed by atoms with Crippen molar-refractivity contribution in [3.05, 3.63) is 35.4 Å². The Morgan fingerprint density at radius 1 is 1.12 bits per heavy atom. The van der Waals surface area contributed by atoms with Crippen LogP contribution in [0.4, 0.5) is 0 Å². The first-order chi connectivity index (χ1) is 7.93. The summed E-state index contributed by atoms with van der Waals surface area (Å²) >= 11 is 0. The molecule has 0 aliphatic rings. The van der Waals surface area contributed by atoms with Crippen LogP contribution in [-0.2, 0) is 12.0 Å². The minimum Gasteiger partial charge on any atom is -0.330 e. The molecular weight excluding hydrogens is 208 g/mol. The second-order valence-electron chi connectivity index (χ2n) is 5.83. The first kappa shape index (κ1) is 14.2. The van der Waals surface area contributed by atoms with E-state index in [9.17, 15) is 0 Å². The third-order valence-corrected chi connectivity index (χ3v) is 3.02. The van der Waals surface area contributed by atoms with E-state index >= 15 is 0 Å². The summed E-state index contributed by atoms with van der Waals surface area (Å²) in [5, 5.41) is 0. The van der Waals surface area contributed by atoms with Crippen LogP contribution in [0.1, 0.15) is 38.3 Å². The molecule has 1 rings (SSSR count). The zero-order valence-electron chi connectivity index (χ0n) is 11.7. The third-order valence-electron chi connectivity index (χ3n) is 3.02. The molecule has 0 amide bonds. The van der Waals surface area contributed by atoms with E-state index in [-0.39, 0.29) is 5.41 Å². The van der Waals surface area contributed by atoms with Gasteiger partial charge >= 0.3 is 0 Å². The SMILES string of the molecule is CN(CCCN)Cc1ccc(C(C)(C)C)cc1. The van der Waals surface area contributed by atoms with Gasteiger partial charge in [-0.05, 0) is 43.1 Å². The minimum atomic E-state index is 0.240.